The molecule has 0 aliphatic carbocycles. The second kappa shape index (κ2) is 6.52. The molecule has 118 valence electrons. The maximum Gasteiger partial charge on any atom is 0.251 e. The number of carbonyl (C=O) groups is 2. The predicted molar refractivity (Wildman–Crippen MR) is 87.4 cm³/mol. The molecule has 5 heteroatoms. The van der Waals surface area contributed by atoms with Crippen LogP contribution in [0.2, 0.25) is 0 Å². The molecule has 1 unspecified atom stereocenters. The van der Waals surface area contributed by atoms with Crippen LogP contribution in [0.4, 0.5) is 5.69 Å². The standard InChI is InChI=1S/C18H18N2O3/c1-23-15-9-7-14(8-10-15)20-12-16(18(20)22)19-17(21)11-13-5-3-2-4-6-13/h2-10,16H,11-12H2,1H3,(H,19,21). The van der Waals surface area contributed by atoms with Crippen molar-refractivity contribution in [1.29, 1.82) is 0 Å². The Kier molecular flexibility index (Phi) is 4.28. The molecule has 1 aliphatic rings. The molecule has 0 radical (unpaired) electrons. The molecule has 2 amide bonds. The molecular weight excluding hydrogens is 292 g/mol. The van der Waals surface area contributed by atoms with E-state index in [4.69, 9.17) is 4.74 Å². The van der Waals surface area contributed by atoms with Gasteiger partial charge in [-0.3, -0.25) is 9.59 Å². The van der Waals surface area contributed by atoms with Gasteiger partial charge in [0.05, 0.1) is 20.1 Å². The first kappa shape index (κ1) is 15.1. The molecule has 23 heavy (non-hydrogen) atoms. The number of anilines is 1. The molecule has 2 aromatic rings. The molecule has 0 spiro atoms. The van der Waals surface area contributed by atoms with E-state index in [0.29, 0.717) is 6.54 Å². The number of β-lactam (4-membered cyclic amide) rings is 1. The Morgan fingerprint density at radius 3 is 2.48 bits per heavy atom. The highest BCUT2D eigenvalue weighted by Crippen LogP contribution is 2.24. The van der Waals surface area contributed by atoms with Crippen molar-refractivity contribution in [3.63, 3.8) is 0 Å². The number of methoxy groups -OCH3 is 1. The third-order valence-electron chi connectivity index (χ3n) is 3.86. The molecule has 2 aromatic carbocycles. The van der Waals surface area contributed by atoms with E-state index >= 15 is 0 Å². The molecule has 1 atom stereocenters. The summed E-state index contributed by atoms with van der Waals surface area (Å²) in [4.78, 5) is 25.8. The fourth-order valence-corrected chi connectivity index (χ4v) is 2.56. The maximum absolute atomic E-state index is 12.2. The summed E-state index contributed by atoms with van der Waals surface area (Å²) in [7, 11) is 1.60. The minimum absolute atomic E-state index is 0.0865. The zero-order valence-corrected chi connectivity index (χ0v) is 12.9. The van der Waals surface area contributed by atoms with E-state index in [-0.39, 0.29) is 18.2 Å². The molecule has 1 heterocycles. The lowest BCUT2D eigenvalue weighted by Gasteiger charge is -2.38. The van der Waals surface area contributed by atoms with Crippen molar-refractivity contribution in [1.82, 2.24) is 5.32 Å². The van der Waals surface area contributed by atoms with Crippen LogP contribution in [-0.4, -0.2) is 31.5 Å². The van der Waals surface area contributed by atoms with Crippen molar-refractivity contribution in [2.75, 3.05) is 18.6 Å². The van der Waals surface area contributed by atoms with Crippen LogP contribution in [0.5, 0.6) is 5.75 Å². The van der Waals surface area contributed by atoms with Gasteiger partial charge in [-0.2, -0.15) is 0 Å². The number of rotatable bonds is 5. The fourth-order valence-electron chi connectivity index (χ4n) is 2.56. The average molecular weight is 310 g/mol. The highest BCUT2D eigenvalue weighted by Gasteiger charge is 2.38. The number of benzene rings is 2. The Hall–Kier alpha value is -2.82. The lowest BCUT2D eigenvalue weighted by Crippen LogP contribution is -2.64. The normalized spacial score (nSPS) is 16.7. The van der Waals surface area contributed by atoms with Crippen molar-refractivity contribution in [2.24, 2.45) is 0 Å². The van der Waals surface area contributed by atoms with Gasteiger partial charge in [0, 0.05) is 5.69 Å². The summed E-state index contributed by atoms with van der Waals surface area (Å²) in [5.74, 6) is 0.523. The van der Waals surface area contributed by atoms with Crippen LogP contribution >= 0.6 is 0 Å². The predicted octanol–water partition coefficient (Wildman–Crippen LogP) is 1.77. The largest absolute Gasteiger partial charge is 0.497 e. The Labute approximate surface area is 134 Å². The van der Waals surface area contributed by atoms with Gasteiger partial charge in [-0.1, -0.05) is 30.3 Å². The zero-order valence-electron chi connectivity index (χ0n) is 12.9. The number of amides is 2. The van der Waals surface area contributed by atoms with Crippen LogP contribution in [0.15, 0.2) is 54.6 Å². The van der Waals surface area contributed by atoms with Gasteiger partial charge >= 0.3 is 0 Å². The van der Waals surface area contributed by atoms with Crippen molar-refractivity contribution in [2.45, 2.75) is 12.5 Å². The van der Waals surface area contributed by atoms with E-state index < -0.39 is 6.04 Å². The molecular formula is C18H18N2O3. The van der Waals surface area contributed by atoms with Crippen LogP contribution in [0.25, 0.3) is 0 Å². The second-order valence-corrected chi connectivity index (χ2v) is 5.43. The molecule has 0 aromatic heterocycles. The smallest absolute Gasteiger partial charge is 0.251 e. The lowest BCUT2D eigenvalue weighted by atomic mass is 10.1. The summed E-state index contributed by atoms with van der Waals surface area (Å²) in [6.07, 6.45) is 0.285. The Morgan fingerprint density at radius 2 is 1.87 bits per heavy atom. The van der Waals surface area contributed by atoms with E-state index in [1.165, 1.54) is 0 Å². The highest BCUT2D eigenvalue weighted by molar-refractivity contribution is 6.05. The van der Waals surface area contributed by atoms with E-state index in [1.807, 2.05) is 54.6 Å². The molecule has 5 nitrogen and oxygen atoms in total. The van der Waals surface area contributed by atoms with E-state index in [2.05, 4.69) is 5.32 Å². The summed E-state index contributed by atoms with van der Waals surface area (Å²) in [6, 6.07) is 16.3. The van der Waals surface area contributed by atoms with Crippen LogP contribution in [0, 0.1) is 0 Å². The van der Waals surface area contributed by atoms with Gasteiger partial charge in [0.25, 0.3) is 5.91 Å². The summed E-state index contributed by atoms with van der Waals surface area (Å²) < 4.78 is 5.10. The number of hydrogen-bond acceptors (Lipinski definition) is 3. The first-order chi connectivity index (χ1) is 11.2. The van der Waals surface area contributed by atoms with Crippen LogP contribution in [0.3, 0.4) is 0 Å². The van der Waals surface area contributed by atoms with Crippen molar-refractivity contribution in [3.8, 4) is 5.75 Å². The molecule has 1 N–H and O–H groups in total. The number of carbonyl (C=O) groups excluding carboxylic acids is 2. The van der Waals surface area contributed by atoms with Crippen molar-refractivity contribution >= 4 is 17.5 Å². The Balaban J connectivity index is 1.54. The molecule has 3 rings (SSSR count). The number of ether oxygens (including phenoxy) is 1. The van der Waals surface area contributed by atoms with E-state index in [1.54, 1.807) is 12.0 Å². The monoisotopic (exact) mass is 310 g/mol. The van der Waals surface area contributed by atoms with Gasteiger partial charge in [-0.25, -0.2) is 0 Å². The fraction of sp³-hybridized carbons (Fsp3) is 0.222. The topological polar surface area (TPSA) is 58.6 Å². The molecule has 0 bridgehead atoms. The zero-order chi connectivity index (χ0) is 16.2. The quantitative estimate of drug-likeness (QED) is 0.856. The highest BCUT2D eigenvalue weighted by atomic mass is 16.5. The summed E-state index contributed by atoms with van der Waals surface area (Å²) in [6.45, 7) is 0.492. The number of hydrogen-bond donors (Lipinski definition) is 1. The van der Waals surface area contributed by atoms with Gasteiger partial charge in [0.1, 0.15) is 11.8 Å². The van der Waals surface area contributed by atoms with E-state index in [0.717, 1.165) is 17.0 Å². The maximum atomic E-state index is 12.2. The van der Waals surface area contributed by atoms with Gasteiger partial charge in [0.2, 0.25) is 5.91 Å². The third kappa shape index (κ3) is 3.34. The molecule has 1 fully saturated rings. The summed E-state index contributed by atoms with van der Waals surface area (Å²) in [5, 5.41) is 2.78. The van der Waals surface area contributed by atoms with Gasteiger partial charge in [-0.05, 0) is 29.8 Å². The minimum Gasteiger partial charge on any atom is -0.497 e. The summed E-state index contributed by atoms with van der Waals surface area (Å²) in [5.41, 5.74) is 1.74. The average Bonchev–Trinajstić information content (AvgIpc) is 2.59. The lowest BCUT2D eigenvalue weighted by molar-refractivity contribution is -0.130. The molecule has 0 saturated carbocycles. The summed E-state index contributed by atoms with van der Waals surface area (Å²) >= 11 is 0. The second-order valence-electron chi connectivity index (χ2n) is 5.43. The molecule has 1 saturated heterocycles. The van der Waals surface area contributed by atoms with Crippen LogP contribution in [-0.2, 0) is 16.0 Å². The first-order valence-corrected chi connectivity index (χ1v) is 7.46. The number of nitrogens with one attached hydrogen (secondary N) is 1. The Morgan fingerprint density at radius 1 is 1.17 bits per heavy atom. The molecule has 1 aliphatic heterocycles. The number of nitrogens with zero attached hydrogens (tertiary/aromatic N) is 1. The van der Waals surface area contributed by atoms with Crippen molar-refractivity contribution < 1.29 is 14.3 Å². The SMILES string of the molecule is COc1ccc(N2CC(NC(=O)Cc3ccccc3)C2=O)cc1. The van der Waals surface area contributed by atoms with Crippen LogP contribution in [0.1, 0.15) is 5.56 Å². The van der Waals surface area contributed by atoms with Gasteiger partial charge in [0.15, 0.2) is 0 Å². The minimum atomic E-state index is -0.437. The van der Waals surface area contributed by atoms with Gasteiger partial charge < -0.3 is 15.0 Å². The first-order valence-electron chi connectivity index (χ1n) is 7.46. The van der Waals surface area contributed by atoms with Gasteiger partial charge in [-0.15, -0.1) is 0 Å². The van der Waals surface area contributed by atoms with Crippen molar-refractivity contribution in [3.05, 3.63) is 60.2 Å². The third-order valence-corrected chi connectivity index (χ3v) is 3.86. The Bertz CT molecular complexity index is 698. The van der Waals surface area contributed by atoms with Crippen LogP contribution < -0.4 is 15.0 Å². The van der Waals surface area contributed by atoms with E-state index in [9.17, 15) is 9.59 Å².